The van der Waals surface area contributed by atoms with Crippen molar-refractivity contribution < 1.29 is 33.0 Å². The van der Waals surface area contributed by atoms with Crippen molar-refractivity contribution in [2.45, 2.75) is 37.3 Å². The molecule has 7 nitrogen and oxygen atoms in total. The second-order valence-electron chi connectivity index (χ2n) is 8.88. The number of amides is 2. The zero-order valence-corrected chi connectivity index (χ0v) is 23.2. The number of nitrogens with zero attached hydrogens (tertiary/aromatic N) is 1. The fourth-order valence-corrected chi connectivity index (χ4v) is 4.71. The topological polar surface area (TPSA) is 88.1 Å². The molecule has 0 aliphatic carbocycles. The lowest BCUT2D eigenvalue weighted by molar-refractivity contribution is -0.149. The van der Waals surface area contributed by atoms with Crippen LogP contribution in [-0.4, -0.2) is 60.2 Å². The Hall–Kier alpha value is -3.63. The van der Waals surface area contributed by atoms with E-state index in [9.17, 15) is 23.5 Å². The summed E-state index contributed by atoms with van der Waals surface area (Å²) in [6, 6.07) is 19.9. The molecule has 1 unspecified atom stereocenters. The average Bonchev–Trinajstić information content (AvgIpc) is 2.94. The van der Waals surface area contributed by atoms with Crippen LogP contribution in [0.2, 0.25) is 0 Å². The van der Waals surface area contributed by atoms with Gasteiger partial charge in [-0.2, -0.15) is 0 Å². The molecule has 0 aromatic heterocycles. The zero-order valence-electron chi connectivity index (χ0n) is 22.4. The van der Waals surface area contributed by atoms with Gasteiger partial charge in [0.25, 0.3) is 0 Å². The van der Waals surface area contributed by atoms with Gasteiger partial charge >= 0.3 is 12.0 Å². The first-order valence-electron chi connectivity index (χ1n) is 13.1. The van der Waals surface area contributed by atoms with Gasteiger partial charge in [0.2, 0.25) is 0 Å². The second-order valence-corrected chi connectivity index (χ2v) is 10.0. The van der Waals surface area contributed by atoms with Crippen molar-refractivity contribution in [1.29, 1.82) is 0 Å². The van der Waals surface area contributed by atoms with Gasteiger partial charge in [0.05, 0.1) is 6.54 Å². The Morgan fingerprint density at radius 1 is 1.02 bits per heavy atom. The van der Waals surface area contributed by atoms with Gasteiger partial charge in [-0.3, -0.25) is 0 Å². The van der Waals surface area contributed by atoms with E-state index in [-0.39, 0.29) is 31.2 Å². The number of nitrogens with one attached hydrogen (secondary N) is 1. The van der Waals surface area contributed by atoms with Crippen molar-refractivity contribution in [3.8, 4) is 5.75 Å². The monoisotopic (exact) mass is 572 g/mol. The smallest absolute Gasteiger partial charge is 0.333 e. The fraction of sp³-hybridized carbons (Fsp3) is 0.333. The van der Waals surface area contributed by atoms with Gasteiger partial charge in [-0.15, -0.1) is 11.8 Å². The second kappa shape index (κ2) is 16.5. The summed E-state index contributed by atoms with van der Waals surface area (Å²) in [5, 5.41) is 12.0. The quantitative estimate of drug-likeness (QED) is 0.167. The summed E-state index contributed by atoms with van der Waals surface area (Å²) in [4.78, 5) is 27.0. The number of carboxylic acid groups (broad SMARTS) is 1. The van der Waals surface area contributed by atoms with Crippen LogP contribution in [0.5, 0.6) is 5.75 Å². The summed E-state index contributed by atoms with van der Waals surface area (Å²) in [5.74, 6) is -1.01. The summed E-state index contributed by atoms with van der Waals surface area (Å²) in [5.41, 5.74) is 0.998. The summed E-state index contributed by atoms with van der Waals surface area (Å²) < 4.78 is 38.3. The van der Waals surface area contributed by atoms with E-state index in [1.54, 1.807) is 47.9 Å². The van der Waals surface area contributed by atoms with Crippen LogP contribution in [0.4, 0.5) is 13.6 Å². The molecule has 1 atom stereocenters. The van der Waals surface area contributed by atoms with Crippen LogP contribution < -0.4 is 10.1 Å². The Morgan fingerprint density at radius 3 is 2.45 bits per heavy atom. The SMILES string of the molecule is CCOC(Cc1ccc(OCCN(CCCSc2ccccc2)C(=O)NCc2ccc(F)cc2F)cc1)C(=O)O. The van der Waals surface area contributed by atoms with Crippen molar-refractivity contribution in [3.05, 3.63) is 95.6 Å². The molecule has 10 heteroatoms. The van der Waals surface area contributed by atoms with Crippen molar-refractivity contribution in [2.75, 3.05) is 32.1 Å². The number of hydrogen-bond donors (Lipinski definition) is 2. The van der Waals surface area contributed by atoms with Gasteiger partial charge in [-0.05, 0) is 55.0 Å². The number of carbonyl (C=O) groups is 2. The number of hydrogen-bond acceptors (Lipinski definition) is 5. The molecule has 40 heavy (non-hydrogen) atoms. The number of ether oxygens (including phenoxy) is 2. The summed E-state index contributed by atoms with van der Waals surface area (Å²) in [7, 11) is 0. The maximum absolute atomic E-state index is 14.0. The third-order valence-corrected chi connectivity index (χ3v) is 7.03. The van der Waals surface area contributed by atoms with E-state index in [2.05, 4.69) is 5.32 Å². The van der Waals surface area contributed by atoms with E-state index in [4.69, 9.17) is 9.47 Å². The number of carboxylic acids is 1. The largest absolute Gasteiger partial charge is 0.492 e. The van der Waals surface area contributed by atoms with E-state index in [1.807, 2.05) is 30.3 Å². The van der Waals surface area contributed by atoms with Crippen LogP contribution >= 0.6 is 11.8 Å². The third-order valence-electron chi connectivity index (χ3n) is 5.93. The molecule has 2 N–H and O–H groups in total. The van der Waals surface area contributed by atoms with Crippen molar-refractivity contribution in [2.24, 2.45) is 0 Å². The number of urea groups is 1. The van der Waals surface area contributed by atoms with Gasteiger partial charge < -0.3 is 24.8 Å². The van der Waals surface area contributed by atoms with Gasteiger partial charge in [0.1, 0.15) is 24.0 Å². The van der Waals surface area contributed by atoms with Crippen LogP contribution in [0.15, 0.2) is 77.7 Å². The normalized spacial score (nSPS) is 11.6. The zero-order chi connectivity index (χ0) is 28.7. The Labute approximate surface area is 237 Å². The predicted molar refractivity (Wildman–Crippen MR) is 151 cm³/mol. The van der Waals surface area contributed by atoms with Gasteiger partial charge in [-0.25, -0.2) is 18.4 Å². The summed E-state index contributed by atoms with van der Waals surface area (Å²) in [6.07, 6.45) is 0.0665. The molecule has 0 saturated carbocycles. The molecule has 3 aromatic carbocycles. The van der Waals surface area contributed by atoms with Gasteiger partial charge in [-0.1, -0.05) is 36.4 Å². The molecule has 0 spiro atoms. The molecule has 0 aliphatic heterocycles. The Bertz CT molecular complexity index is 1210. The molecule has 0 radical (unpaired) electrons. The molecule has 2 amide bonds. The molecule has 0 saturated heterocycles. The highest BCUT2D eigenvalue weighted by Crippen LogP contribution is 2.18. The van der Waals surface area contributed by atoms with Crippen molar-refractivity contribution in [3.63, 3.8) is 0 Å². The lowest BCUT2D eigenvalue weighted by atomic mass is 10.1. The highest BCUT2D eigenvalue weighted by molar-refractivity contribution is 7.99. The van der Waals surface area contributed by atoms with Crippen molar-refractivity contribution in [1.82, 2.24) is 10.2 Å². The first kappa shape index (κ1) is 30.9. The number of aliphatic carboxylic acids is 1. The minimum Gasteiger partial charge on any atom is -0.492 e. The summed E-state index contributed by atoms with van der Waals surface area (Å²) in [6.45, 7) is 2.97. The van der Waals surface area contributed by atoms with Gasteiger partial charge in [0.15, 0.2) is 6.10 Å². The highest BCUT2D eigenvalue weighted by Gasteiger charge is 2.18. The first-order valence-corrected chi connectivity index (χ1v) is 14.0. The molecular formula is C30H34F2N2O5S. The molecule has 0 bridgehead atoms. The molecule has 0 fully saturated rings. The maximum atomic E-state index is 14.0. The van der Waals surface area contributed by atoms with E-state index < -0.39 is 23.7 Å². The Morgan fingerprint density at radius 2 is 1.77 bits per heavy atom. The lowest BCUT2D eigenvalue weighted by Gasteiger charge is -2.23. The number of rotatable bonds is 16. The number of halogens is 2. The van der Waals surface area contributed by atoms with Crippen molar-refractivity contribution >= 4 is 23.8 Å². The summed E-state index contributed by atoms with van der Waals surface area (Å²) >= 11 is 1.70. The number of carbonyl (C=O) groups excluding carboxylic acids is 1. The van der Waals surface area contributed by atoms with E-state index in [0.717, 1.165) is 34.8 Å². The Balaban J connectivity index is 1.53. The fourth-order valence-electron chi connectivity index (χ4n) is 3.85. The molecule has 0 heterocycles. The van der Waals surface area contributed by atoms with Crippen LogP contribution in [0.25, 0.3) is 0 Å². The highest BCUT2D eigenvalue weighted by atomic mass is 32.2. The molecule has 0 aliphatic rings. The number of benzene rings is 3. The molecular weight excluding hydrogens is 538 g/mol. The lowest BCUT2D eigenvalue weighted by Crippen LogP contribution is -2.42. The maximum Gasteiger partial charge on any atom is 0.333 e. The van der Waals surface area contributed by atoms with E-state index >= 15 is 0 Å². The molecule has 3 rings (SSSR count). The van der Waals surface area contributed by atoms with Crippen LogP contribution in [-0.2, 0) is 22.5 Å². The standard InChI is InChI=1S/C30H34F2N2O5S/c1-2-38-28(29(35)36)19-22-9-13-25(14-10-22)39-17-16-34(15-6-18-40-26-7-4-3-5-8-26)30(37)33-21-23-11-12-24(31)20-27(23)32/h3-5,7-14,20,28H,2,6,15-19,21H2,1H3,(H,33,37)(H,35,36). The van der Waals surface area contributed by atoms with Gasteiger partial charge in [0, 0.05) is 42.6 Å². The van der Waals surface area contributed by atoms with Crippen LogP contribution in [0.1, 0.15) is 24.5 Å². The minimum absolute atomic E-state index is 0.0678. The molecule has 214 valence electrons. The van der Waals surface area contributed by atoms with Crippen LogP contribution in [0.3, 0.4) is 0 Å². The first-order chi connectivity index (χ1) is 19.4. The number of thioether (sulfide) groups is 1. The Kier molecular flexibility index (Phi) is 12.7. The third kappa shape index (κ3) is 10.5. The van der Waals surface area contributed by atoms with E-state index in [1.165, 1.54) is 6.07 Å². The predicted octanol–water partition coefficient (Wildman–Crippen LogP) is 5.77. The average molecular weight is 573 g/mol. The molecule has 3 aromatic rings. The minimum atomic E-state index is -1.01. The van der Waals surface area contributed by atoms with Crippen LogP contribution in [0, 0.1) is 11.6 Å². The van der Waals surface area contributed by atoms with E-state index in [0.29, 0.717) is 25.4 Å².